The predicted molar refractivity (Wildman–Crippen MR) is 138 cm³/mol. The van der Waals surface area contributed by atoms with Crippen LogP contribution >= 0.6 is 46.4 Å². The molecule has 2 unspecified atom stereocenters. The summed E-state index contributed by atoms with van der Waals surface area (Å²) in [6.07, 6.45) is -0.589. The molecule has 37 heavy (non-hydrogen) atoms. The highest BCUT2D eigenvalue weighted by Gasteiger charge is 2.64. The highest BCUT2D eigenvalue weighted by atomic mass is 35.5. The van der Waals surface area contributed by atoms with Gasteiger partial charge in [0.2, 0.25) is 5.91 Å². The topological polar surface area (TPSA) is 90.0 Å². The minimum absolute atomic E-state index is 0.0234. The second-order valence-electron chi connectivity index (χ2n) is 9.16. The molecule has 2 N–H and O–H groups in total. The number of nitrogens with one attached hydrogen (secondary N) is 1. The van der Waals surface area contributed by atoms with Gasteiger partial charge in [0.1, 0.15) is 5.54 Å². The molecule has 2 amide bonds. The number of carbonyl (C=O) groups is 3. The molecule has 0 aliphatic carbocycles. The SMILES string of the molecule is CC(C(=O)N(C)c1cc(Cl)cc(Cl)c1)C(C(=O)O)[C@]1(N2CCC(F)(F)C2)C(=O)Nc2c1ccc(Cl)c2Cl. The van der Waals surface area contributed by atoms with Gasteiger partial charge >= 0.3 is 5.97 Å². The van der Waals surface area contributed by atoms with Gasteiger partial charge in [-0.05, 0) is 24.3 Å². The number of amides is 2. The molecule has 0 saturated carbocycles. The van der Waals surface area contributed by atoms with Crippen molar-refractivity contribution >= 4 is 75.6 Å². The fourth-order valence-corrected chi connectivity index (χ4v) is 6.12. The summed E-state index contributed by atoms with van der Waals surface area (Å²) in [5, 5.41) is 13.5. The summed E-state index contributed by atoms with van der Waals surface area (Å²) < 4.78 is 28.9. The normalized spacial score (nSPS) is 22.3. The van der Waals surface area contributed by atoms with Crippen molar-refractivity contribution in [3.8, 4) is 0 Å². The monoisotopic (exact) mass is 593 g/mol. The van der Waals surface area contributed by atoms with Crippen LogP contribution in [-0.2, 0) is 19.9 Å². The lowest BCUT2D eigenvalue weighted by Crippen LogP contribution is -2.60. The molecule has 1 fully saturated rings. The summed E-state index contributed by atoms with van der Waals surface area (Å²) in [4.78, 5) is 42.5. The Bertz CT molecular complexity index is 1290. The van der Waals surface area contributed by atoms with Crippen LogP contribution in [0.3, 0.4) is 0 Å². The first-order valence-corrected chi connectivity index (χ1v) is 12.6. The number of carboxylic acids is 1. The summed E-state index contributed by atoms with van der Waals surface area (Å²) in [6.45, 7) is 0.164. The second kappa shape index (κ2) is 9.85. The van der Waals surface area contributed by atoms with Crippen molar-refractivity contribution in [2.75, 3.05) is 30.4 Å². The number of hydrogen-bond donors (Lipinski definition) is 2. The lowest BCUT2D eigenvalue weighted by atomic mass is 9.71. The van der Waals surface area contributed by atoms with Gasteiger partial charge in [0.15, 0.2) is 0 Å². The van der Waals surface area contributed by atoms with Crippen LogP contribution in [0.4, 0.5) is 20.2 Å². The maximum Gasteiger partial charge on any atom is 0.310 e. The van der Waals surface area contributed by atoms with Crippen molar-refractivity contribution in [2.45, 2.75) is 24.8 Å². The van der Waals surface area contributed by atoms with E-state index in [1.54, 1.807) is 0 Å². The molecule has 13 heteroatoms. The molecule has 2 heterocycles. The Morgan fingerprint density at radius 2 is 1.76 bits per heavy atom. The van der Waals surface area contributed by atoms with Crippen LogP contribution in [0.25, 0.3) is 0 Å². The van der Waals surface area contributed by atoms with Crippen LogP contribution in [-0.4, -0.2) is 53.8 Å². The van der Waals surface area contributed by atoms with E-state index in [1.165, 1.54) is 44.3 Å². The summed E-state index contributed by atoms with van der Waals surface area (Å²) in [6, 6.07) is 7.13. The number of rotatable bonds is 6. The van der Waals surface area contributed by atoms with E-state index < -0.39 is 54.0 Å². The third-order valence-electron chi connectivity index (χ3n) is 6.93. The Hall–Kier alpha value is -2.17. The Balaban J connectivity index is 1.88. The van der Waals surface area contributed by atoms with Gasteiger partial charge in [-0.25, -0.2) is 8.78 Å². The third-order valence-corrected chi connectivity index (χ3v) is 8.17. The molecule has 2 aromatic carbocycles. The van der Waals surface area contributed by atoms with Crippen LogP contribution in [0.5, 0.6) is 0 Å². The van der Waals surface area contributed by atoms with E-state index in [-0.39, 0.29) is 43.6 Å². The highest BCUT2D eigenvalue weighted by molar-refractivity contribution is 6.44. The average Bonchev–Trinajstić information content (AvgIpc) is 3.31. The van der Waals surface area contributed by atoms with Crippen molar-refractivity contribution in [1.82, 2.24) is 4.90 Å². The predicted octanol–water partition coefficient (Wildman–Crippen LogP) is 5.79. The number of halogens is 6. The lowest BCUT2D eigenvalue weighted by Gasteiger charge is -2.43. The molecule has 3 atom stereocenters. The number of anilines is 2. The number of hydrogen-bond acceptors (Lipinski definition) is 4. The zero-order chi connectivity index (χ0) is 27.4. The molecule has 0 aromatic heterocycles. The van der Waals surface area contributed by atoms with E-state index in [0.29, 0.717) is 0 Å². The number of likely N-dealkylation sites (tertiary alicyclic amines) is 1. The van der Waals surface area contributed by atoms with Gasteiger partial charge < -0.3 is 15.3 Å². The molecule has 4 rings (SSSR count). The largest absolute Gasteiger partial charge is 0.481 e. The summed E-state index contributed by atoms with van der Waals surface area (Å²) in [5.74, 6) is -9.44. The standard InChI is InChI=1S/C24H21Cl4F2N3O4/c1-11(20(34)32(2)14-8-12(25)7-13(26)9-14)17(21(35)36)24(33-6-5-23(29,30)10-33)15-3-4-16(27)18(28)19(15)31-22(24)37/h3-4,7-9,11,17H,5-6,10H2,1-2H3,(H,31,37)(H,35,36)/t11?,17?,24-/m0/s1. The number of fused-ring (bicyclic) bond motifs is 1. The zero-order valence-electron chi connectivity index (χ0n) is 19.5. The van der Waals surface area contributed by atoms with Crippen molar-refractivity contribution in [3.63, 3.8) is 0 Å². The van der Waals surface area contributed by atoms with E-state index in [2.05, 4.69) is 5.32 Å². The van der Waals surface area contributed by atoms with E-state index in [4.69, 9.17) is 46.4 Å². The zero-order valence-corrected chi connectivity index (χ0v) is 22.5. The molecule has 0 bridgehead atoms. The molecule has 0 spiro atoms. The first-order valence-electron chi connectivity index (χ1n) is 11.1. The number of nitrogens with zero attached hydrogens (tertiary/aromatic N) is 2. The molecule has 198 valence electrons. The van der Waals surface area contributed by atoms with E-state index in [1.807, 2.05) is 0 Å². The minimum Gasteiger partial charge on any atom is -0.481 e. The fourth-order valence-electron chi connectivity index (χ4n) is 5.24. The van der Waals surface area contributed by atoms with Crippen LogP contribution in [0.1, 0.15) is 18.9 Å². The van der Waals surface area contributed by atoms with Gasteiger partial charge in [-0.15, -0.1) is 0 Å². The van der Waals surface area contributed by atoms with Crippen LogP contribution in [0, 0.1) is 11.8 Å². The first kappa shape index (κ1) is 27.9. The Morgan fingerprint density at radius 3 is 2.30 bits per heavy atom. The van der Waals surface area contributed by atoms with Crippen LogP contribution in [0.15, 0.2) is 30.3 Å². The van der Waals surface area contributed by atoms with Crippen LogP contribution < -0.4 is 10.2 Å². The average molecular weight is 595 g/mol. The van der Waals surface area contributed by atoms with E-state index in [9.17, 15) is 28.3 Å². The van der Waals surface area contributed by atoms with Gasteiger partial charge in [-0.3, -0.25) is 19.3 Å². The minimum atomic E-state index is -3.17. The van der Waals surface area contributed by atoms with E-state index >= 15 is 0 Å². The number of carbonyl (C=O) groups excluding carboxylic acids is 2. The Morgan fingerprint density at radius 1 is 1.14 bits per heavy atom. The van der Waals surface area contributed by atoms with Gasteiger partial charge in [0.25, 0.3) is 11.8 Å². The Kier molecular flexibility index (Phi) is 7.42. The van der Waals surface area contributed by atoms with Crippen molar-refractivity contribution in [2.24, 2.45) is 11.8 Å². The smallest absolute Gasteiger partial charge is 0.310 e. The number of benzene rings is 2. The summed E-state index contributed by atoms with van der Waals surface area (Å²) in [5.41, 5.74) is -1.80. The molecule has 0 radical (unpaired) electrons. The first-order chi connectivity index (χ1) is 17.2. The molecule has 2 aromatic rings. The van der Waals surface area contributed by atoms with Crippen molar-refractivity contribution < 1.29 is 28.3 Å². The molecular formula is C24H21Cl4F2N3O4. The fraction of sp³-hybridized carbons (Fsp3) is 0.375. The summed E-state index contributed by atoms with van der Waals surface area (Å²) >= 11 is 24.6. The highest BCUT2D eigenvalue weighted by Crippen LogP contribution is 2.53. The van der Waals surface area contributed by atoms with E-state index in [0.717, 1.165) is 9.80 Å². The lowest BCUT2D eigenvalue weighted by molar-refractivity contribution is -0.160. The number of aliphatic carboxylic acids is 1. The van der Waals surface area contributed by atoms with Crippen molar-refractivity contribution in [1.29, 1.82) is 0 Å². The number of alkyl halides is 2. The van der Waals surface area contributed by atoms with Gasteiger partial charge in [0, 0.05) is 41.3 Å². The molecule has 7 nitrogen and oxygen atoms in total. The third kappa shape index (κ3) is 4.65. The summed E-state index contributed by atoms with van der Waals surface area (Å²) in [7, 11) is 1.40. The Labute approximate surface area is 231 Å². The molecule has 1 saturated heterocycles. The second-order valence-corrected chi connectivity index (χ2v) is 10.8. The molecular weight excluding hydrogens is 574 g/mol. The maximum atomic E-state index is 14.4. The van der Waals surface area contributed by atoms with Crippen molar-refractivity contribution in [3.05, 3.63) is 56.0 Å². The molecule has 2 aliphatic heterocycles. The van der Waals surface area contributed by atoms with Gasteiger partial charge in [-0.1, -0.05) is 59.4 Å². The van der Waals surface area contributed by atoms with Gasteiger partial charge in [-0.2, -0.15) is 0 Å². The number of carboxylic acid groups (broad SMARTS) is 1. The van der Waals surface area contributed by atoms with Crippen LogP contribution in [0.2, 0.25) is 20.1 Å². The molecule has 2 aliphatic rings. The maximum absolute atomic E-state index is 14.4. The quantitative estimate of drug-likeness (QED) is 0.442. The van der Waals surface area contributed by atoms with Gasteiger partial charge in [0.05, 0.1) is 34.1 Å².